The summed E-state index contributed by atoms with van der Waals surface area (Å²) in [4.78, 5) is 14.0. The van der Waals surface area contributed by atoms with Crippen molar-refractivity contribution >= 4 is 16.0 Å². The fraction of sp³-hybridized carbons (Fsp3) is 0.333. The number of aliphatic carboxylic acids is 1. The number of imidazole rings is 1. The average molecular weight is 219 g/mol. The molecular formula is C6H9N3O4S. The Morgan fingerprint density at radius 3 is 2.71 bits per heavy atom. The topological polar surface area (TPSA) is 115 Å². The molecule has 1 aromatic heterocycles. The van der Waals surface area contributed by atoms with Crippen LogP contribution in [-0.2, 0) is 14.8 Å². The molecule has 0 fully saturated rings. The minimum Gasteiger partial charge on any atom is -0.480 e. The summed E-state index contributed by atoms with van der Waals surface area (Å²) in [6, 6.07) is -1.40. The van der Waals surface area contributed by atoms with E-state index in [-0.39, 0.29) is 5.69 Å². The highest BCUT2D eigenvalue weighted by atomic mass is 32.2. The van der Waals surface area contributed by atoms with Crippen LogP contribution < -0.4 is 5.73 Å². The third-order valence-electron chi connectivity index (χ3n) is 1.57. The first-order valence-electron chi connectivity index (χ1n) is 3.55. The lowest BCUT2D eigenvalue weighted by molar-refractivity contribution is -0.138. The van der Waals surface area contributed by atoms with Crippen molar-refractivity contribution in [3.05, 3.63) is 18.2 Å². The largest absolute Gasteiger partial charge is 0.480 e. The van der Waals surface area contributed by atoms with Crippen molar-refractivity contribution in [1.82, 2.24) is 8.96 Å². The number of nitrogens with zero attached hydrogens (tertiary/aromatic N) is 2. The first-order valence-corrected chi connectivity index (χ1v) is 5.40. The van der Waals surface area contributed by atoms with Crippen molar-refractivity contribution in [2.75, 3.05) is 6.26 Å². The zero-order valence-corrected chi connectivity index (χ0v) is 8.10. The summed E-state index contributed by atoms with van der Waals surface area (Å²) in [6.45, 7) is 0. The first kappa shape index (κ1) is 10.7. The average Bonchev–Trinajstić information content (AvgIpc) is 2.48. The zero-order chi connectivity index (χ0) is 10.9. The second-order valence-electron chi connectivity index (χ2n) is 2.69. The molecule has 1 atom stereocenters. The number of rotatable bonds is 3. The molecule has 14 heavy (non-hydrogen) atoms. The molecule has 1 rings (SSSR count). The molecule has 8 heteroatoms. The van der Waals surface area contributed by atoms with Gasteiger partial charge in [0.05, 0.1) is 18.1 Å². The van der Waals surface area contributed by atoms with Gasteiger partial charge in [-0.05, 0) is 0 Å². The van der Waals surface area contributed by atoms with Gasteiger partial charge in [-0.1, -0.05) is 0 Å². The maximum atomic E-state index is 11.1. The summed E-state index contributed by atoms with van der Waals surface area (Å²) in [5.74, 6) is -1.31. The number of aromatic nitrogens is 2. The summed E-state index contributed by atoms with van der Waals surface area (Å²) in [6.07, 6.45) is 3.06. The highest BCUT2D eigenvalue weighted by molar-refractivity contribution is 7.89. The molecule has 0 saturated heterocycles. The molecule has 0 saturated carbocycles. The van der Waals surface area contributed by atoms with Gasteiger partial charge in [-0.25, -0.2) is 17.4 Å². The van der Waals surface area contributed by atoms with E-state index in [2.05, 4.69) is 4.98 Å². The number of nitrogens with two attached hydrogens (primary N) is 1. The zero-order valence-electron chi connectivity index (χ0n) is 7.28. The number of carboxylic acid groups (broad SMARTS) is 1. The predicted molar refractivity (Wildman–Crippen MR) is 47.0 cm³/mol. The Balaban J connectivity index is 3.25. The number of carbonyl (C=O) groups is 1. The normalized spacial score (nSPS) is 13.9. The van der Waals surface area contributed by atoms with E-state index >= 15 is 0 Å². The van der Waals surface area contributed by atoms with Crippen LogP contribution >= 0.6 is 0 Å². The second kappa shape index (κ2) is 3.39. The lowest BCUT2D eigenvalue weighted by Crippen LogP contribution is -2.25. The molecule has 78 valence electrons. The van der Waals surface area contributed by atoms with Gasteiger partial charge in [0, 0.05) is 0 Å². The molecule has 1 unspecified atom stereocenters. The van der Waals surface area contributed by atoms with E-state index < -0.39 is 22.0 Å². The van der Waals surface area contributed by atoms with Crippen LogP contribution in [0.3, 0.4) is 0 Å². The van der Waals surface area contributed by atoms with Gasteiger partial charge in [0.15, 0.2) is 0 Å². The minimum absolute atomic E-state index is 0.0694. The minimum atomic E-state index is -3.56. The maximum Gasteiger partial charge on any atom is 0.326 e. The van der Waals surface area contributed by atoms with Crippen molar-refractivity contribution in [3.63, 3.8) is 0 Å². The van der Waals surface area contributed by atoms with Gasteiger partial charge in [-0.15, -0.1) is 0 Å². The monoisotopic (exact) mass is 219 g/mol. The lowest BCUT2D eigenvalue weighted by atomic mass is 10.2. The molecule has 3 N–H and O–H groups in total. The quantitative estimate of drug-likeness (QED) is 0.658. The molecule has 7 nitrogen and oxygen atoms in total. The molecule has 1 aromatic rings. The smallest absolute Gasteiger partial charge is 0.326 e. The highest BCUT2D eigenvalue weighted by Gasteiger charge is 2.22. The fourth-order valence-electron chi connectivity index (χ4n) is 0.915. The molecule has 0 bridgehead atoms. The van der Waals surface area contributed by atoms with Crippen LogP contribution in [0.15, 0.2) is 12.5 Å². The fourth-order valence-corrected chi connectivity index (χ4v) is 1.68. The maximum absolute atomic E-state index is 11.1. The highest BCUT2D eigenvalue weighted by Crippen LogP contribution is 2.11. The Labute approximate surface area is 80.2 Å². The van der Waals surface area contributed by atoms with Gasteiger partial charge in [0.2, 0.25) is 10.0 Å². The third kappa shape index (κ3) is 1.91. The van der Waals surface area contributed by atoms with Crippen molar-refractivity contribution in [1.29, 1.82) is 0 Å². The summed E-state index contributed by atoms with van der Waals surface area (Å²) in [5, 5.41) is 8.58. The van der Waals surface area contributed by atoms with Crippen molar-refractivity contribution in [2.45, 2.75) is 6.04 Å². The van der Waals surface area contributed by atoms with Crippen molar-refractivity contribution in [3.8, 4) is 0 Å². The molecule has 0 aliphatic heterocycles. The Hall–Kier alpha value is -1.41. The predicted octanol–water partition coefficient (Wildman–Crippen LogP) is -1.22. The molecule has 1 heterocycles. The van der Waals surface area contributed by atoms with Crippen LogP contribution in [0.1, 0.15) is 11.7 Å². The van der Waals surface area contributed by atoms with E-state index in [1.807, 2.05) is 0 Å². The Morgan fingerprint density at radius 1 is 1.71 bits per heavy atom. The lowest BCUT2D eigenvalue weighted by Gasteiger charge is -2.08. The molecule has 0 spiro atoms. The van der Waals surface area contributed by atoms with Crippen LogP contribution in [0.5, 0.6) is 0 Å². The molecule has 0 radical (unpaired) electrons. The number of hydrogen-bond acceptors (Lipinski definition) is 5. The molecule has 0 aliphatic carbocycles. The molecule has 0 aromatic carbocycles. The third-order valence-corrected chi connectivity index (χ3v) is 2.59. The van der Waals surface area contributed by atoms with Crippen molar-refractivity contribution in [2.24, 2.45) is 5.73 Å². The van der Waals surface area contributed by atoms with Gasteiger partial charge in [0.1, 0.15) is 12.4 Å². The molecule has 0 amide bonds. The van der Waals surface area contributed by atoms with Crippen LogP contribution in [0.4, 0.5) is 0 Å². The van der Waals surface area contributed by atoms with Gasteiger partial charge in [0.25, 0.3) is 0 Å². The Bertz CT molecular complexity index is 449. The van der Waals surface area contributed by atoms with Crippen LogP contribution in [0, 0.1) is 0 Å². The van der Waals surface area contributed by atoms with E-state index in [0.717, 1.165) is 22.8 Å². The SMILES string of the molecule is CS(=O)(=O)n1cncc1C(N)C(=O)O. The van der Waals surface area contributed by atoms with E-state index in [9.17, 15) is 13.2 Å². The first-order chi connectivity index (χ1) is 6.34. The van der Waals surface area contributed by atoms with Gasteiger partial charge in [-0.3, -0.25) is 4.79 Å². The van der Waals surface area contributed by atoms with E-state index in [1.54, 1.807) is 0 Å². The Kier molecular flexibility index (Phi) is 2.58. The van der Waals surface area contributed by atoms with Gasteiger partial charge >= 0.3 is 5.97 Å². The van der Waals surface area contributed by atoms with Crippen molar-refractivity contribution < 1.29 is 18.3 Å². The van der Waals surface area contributed by atoms with Crippen LogP contribution in [0.25, 0.3) is 0 Å². The summed E-state index contributed by atoms with van der Waals surface area (Å²) < 4.78 is 23.0. The molecular weight excluding hydrogens is 210 g/mol. The van der Waals surface area contributed by atoms with E-state index in [0.29, 0.717) is 0 Å². The Morgan fingerprint density at radius 2 is 2.29 bits per heavy atom. The van der Waals surface area contributed by atoms with Crippen LogP contribution in [0.2, 0.25) is 0 Å². The summed E-state index contributed by atoms with van der Waals surface area (Å²) >= 11 is 0. The summed E-state index contributed by atoms with van der Waals surface area (Å²) in [5.41, 5.74) is 5.19. The standard InChI is InChI=1S/C6H9N3O4S/c1-14(12,13)9-3-8-2-4(9)5(7)6(10)11/h2-3,5H,7H2,1H3,(H,10,11). The number of hydrogen-bond donors (Lipinski definition) is 2. The second-order valence-corrected chi connectivity index (χ2v) is 4.55. The van der Waals surface area contributed by atoms with E-state index in [4.69, 9.17) is 10.8 Å². The van der Waals surface area contributed by atoms with E-state index in [1.165, 1.54) is 0 Å². The van der Waals surface area contributed by atoms with Gasteiger partial charge < -0.3 is 10.8 Å². The summed E-state index contributed by atoms with van der Waals surface area (Å²) in [7, 11) is -3.56. The molecule has 0 aliphatic rings. The van der Waals surface area contributed by atoms with Gasteiger partial charge in [-0.2, -0.15) is 0 Å². The van der Waals surface area contributed by atoms with Crippen LogP contribution in [-0.4, -0.2) is 34.7 Å². The number of carboxylic acids is 1.